The molecule has 4 aliphatic rings. The number of pyridine rings is 1. The van der Waals surface area contributed by atoms with Gasteiger partial charge in [-0.25, -0.2) is 27.2 Å². The van der Waals surface area contributed by atoms with Gasteiger partial charge in [0.2, 0.25) is 0 Å². The van der Waals surface area contributed by atoms with Gasteiger partial charge in [-0.15, -0.1) is 0 Å². The van der Waals surface area contributed by atoms with E-state index in [1.807, 2.05) is 13.0 Å². The number of fused-ring (bicyclic) bond motifs is 9. The van der Waals surface area contributed by atoms with Gasteiger partial charge in [0.05, 0.1) is 28.4 Å². The Hall–Kier alpha value is -3.43. The fourth-order valence-electron chi connectivity index (χ4n) is 7.35. The molecule has 9 nitrogen and oxygen atoms in total. The van der Waals surface area contributed by atoms with Crippen LogP contribution >= 0.6 is 0 Å². The van der Waals surface area contributed by atoms with Crippen LogP contribution < -0.4 is 10.9 Å². The van der Waals surface area contributed by atoms with Crippen LogP contribution in [0.15, 0.2) is 41.5 Å². The molecule has 0 saturated carbocycles. The summed E-state index contributed by atoms with van der Waals surface area (Å²) in [6.07, 6.45) is 6.43. The predicted octanol–water partition coefficient (Wildman–Crippen LogP) is 5.70. The summed E-state index contributed by atoms with van der Waals surface area (Å²) in [4.78, 5) is 25.5. The van der Waals surface area contributed by atoms with Crippen molar-refractivity contribution < 1.29 is 17.2 Å². The lowest BCUT2D eigenvalue weighted by Crippen LogP contribution is -2.41. The lowest BCUT2D eigenvalue weighted by molar-refractivity contribution is -0.0372. The molecular formula is C34H42F2N6O3S. The number of anilines is 1. The van der Waals surface area contributed by atoms with Crippen molar-refractivity contribution in [1.29, 1.82) is 5.26 Å². The van der Waals surface area contributed by atoms with Crippen molar-refractivity contribution >= 4 is 26.7 Å². The van der Waals surface area contributed by atoms with Crippen LogP contribution in [0, 0.1) is 17.2 Å². The van der Waals surface area contributed by atoms with E-state index in [1.165, 1.54) is 12.4 Å². The molecule has 7 rings (SSSR count). The fraction of sp³-hybridized carbons (Fsp3) is 0.588. The summed E-state index contributed by atoms with van der Waals surface area (Å²) in [5.74, 6) is -2.88. The van der Waals surface area contributed by atoms with Gasteiger partial charge in [0.1, 0.15) is 27.6 Å². The Morgan fingerprint density at radius 1 is 1.00 bits per heavy atom. The van der Waals surface area contributed by atoms with E-state index in [0.29, 0.717) is 29.0 Å². The SMILES string of the molecule is C[C@H]1Nc2ncnc3c2cc(C2(C#N)CCS(=O)(=O)CC2)c(=O)n3CCCCCCN2CCC(CC2)CC(F)(F)c2cccc1c2. The normalized spacial score (nSPS) is 26.4. The van der Waals surface area contributed by atoms with Gasteiger partial charge >= 0.3 is 0 Å². The lowest BCUT2D eigenvalue weighted by Gasteiger charge is -2.33. The van der Waals surface area contributed by atoms with Crippen LogP contribution in [0.5, 0.6) is 0 Å². The van der Waals surface area contributed by atoms with Crippen LogP contribution in [0.25, 0.3) is 11.0 Å². The largest absolute Gasteiger partial charge is 0.363 e. The second kappa shape index (κ2) is 13.0. The van der Waals surface area contributed by atoms with E-state index in [4.69, 9.17) is 0 Å². The molecule has 246 valence electrons. The summed E-state index contributed by atoms with van der Waals surface area (Å²) in [6.45, 7) is 4.86. The highest BCUT2D eigenvalue weighted by Gasteiger charge is 2.42. The van der Waals surface area contributed by atoms with Gasteiger partial charge < -0.3 is 10.2 Å². The number of halogens is 2. The Morgan fingerprint density at radius 3 is 2.43 bits per heavy atom. The van der Waals surface area contributed by atoms with Crippen LogP contribution in [0.4, 0.5) is 14.6 Å². The zero-order chi connectivity index (χ0) is 32.5. The minimum absolute atomic E-state index is 0.00106. The maximum atomic E-state index is 15.6. The molecule has 0 spiro atoms. The first-order valence-electron chi connectivity index (χ1n) is 16.5. The predicted molar refractivity (Wildman–Crippen MR) is 174 cm³/mol. The standard InChI is InChI=1S/C34H42F2N6O3S/c1-24-26-7-6-8-27(19-26)34(35,36)21-25-9-15-41(16-10-25)13-4-2-3-5-14-42-31-28(30(40-24)38-23-39-31)20-29(32(42)43)33(22-37)11-17-46(44,45)18-12-33/h6-8,19-20,23-25H,2-5,9-18,21H2,1H3,(H,38,39,40)/t24-/m1/s1. The molecule has 1 atom stereocenters. The first-order chi connectivity index (χ1) is 22.0. The molecule has 1 aromatic carbocycles. The third-order valence-electron chi connectivity index (χ3n) is 10.3. The molecule has 2 aromatic heterocycles. The zero-order valence-corrected chi connectivity index (χ0v) is 27.2. The Labute approximate surface area is 269 Å². The third kappa shape index (κ3) is 6.67. The van der Waals surface area contributed by atoms with Crippen molar-refractivity contribution in [2.24, 2.45) is 5.92 Å². The highest BCUT2D eigenvalue weighted by molar-refractivity contribution is 7.91. The topological polar surface area (TPSA) is 121 Å². The van der Waals surface area contributed by atoms with E-state index in [9.17, 15) is 18.5 Å². The molecular weight excluding hydrogens is 610 g/mol. The first-order valence-corrected chi connectivity index (χ1v) is 18.3. The number of hydrogen-bond acceptors (Lipinski definition) is 8. The lowest BCUT2D eigenvalue weighted by atomic mass is 9.77. The van der Waals surface area contributed by atoms with Crippen molar-refractivity contribution in [3.05, 3.63) is 63.7 Å². The first kappa shape index (κ1) is 32.5. The molecule has 0 unspecified atom stereocenters. The summed E-state index contributed by atoms with van der Waals surface area (Å²) in [6, 6.07) is 10.1. The van der Waals surface area contributed by atoms with Crippen LogP contribution in [-0.2, 0) is 27.7 Å². The van der Waals surface area contributed by atoms with E-state index >= 15 is 8.78 Å². The van der Waals surface area contributed by atoms with Gasteiger partial charge in [0.15, 0.2) is 0 Å². The molecule has 0 radical (unpaired) electrons. The number of piperidine rings is 1. The van der Waals surface area contributed by atoms with Crippen LogP contribution in [0.2, 0.25) is 0 Å². The summed E-state index contributed by atoms with van der Waals surface area (Å²) in [5.41, 5.74) is -0.238. The summed E-state index contributed by atoms with van der Waals surface area (Å²) in [5, 5.41) is 14.3. The van der Waals surface area contributed by atoms with Crippen molar-refractivity contribution in [3.63, 3.8) is 0 Å². The maximum absolute atomic E-state index is 15.6. The number of hydrogen-bond donors (Lipinski definition) is 1. The highest BCUT2D eigenvalue weighted by Crippen LogP contribution is 2.40. The third-order valence-corrected chi connectivity index (χ3v) is 12.0. The van der Waals surface area contributed by atoms with Gasteiger partial charge in [0, 0.05) is 30.1 Å². The van der Waals surface area contributed by atoms with Gasteiger partial charge in [-0.3, -0.25) is 9.36 Å². The van der Waals surface area contributed by atoms with E-state index in [1.54, 1.807) is 22.8 Å². The second-order valence-corrected chi connectivity index (χ2v) is 15.7. The van der Waals surface area contributed by atoms with Crippen molar-refractivity contribution in [3.8, 4) is 6.07 Å². The van der Waals surface area contributed by atoms with Gasteiger partial charge in [-0.1, -0.05) is 31.0 Å². The van der Waals surface area contributed by atoms with E-state index in [0.717, 1.165) is 58.2 Å². The smallest absolute Gasteiger partial charge is 0.273 e. The number of nitriles is 1. The number of aryl methyl sites for hydroxylation is 1. The van der Waals surface area contributed by atoms with Gasteiger partial charge in [-0.05, 0) is 88.7 Å². The quantitative estimate of drug-likeness (QED) is 0.355. The number of nitrogens with one attached hydrogen (secondary N) is 1. The molecule has 0 amide bonds. The van der Waals surface area contributed by atoms with Crippen LogP contribution in [-0.4, -0.2) is 59.0 Å². The molecule has 2 saturated heterocycles. The van der Waals surface area contributed by atoms with E-state index in [2.05, 4.69) is 26.3 Å². The van der Waals surface area contributed by atoms with Gasteiger partial charge in [0.25, 0.3) is 11.5 Å². The minimum Gasteiger partial charge on any atom is -0.363 e. The fourth-order valence-corrected chi connectivity index (χ4v) is 8.88. The number of sulfone groups is 1. The second-order valence-electron chi connectivity index (χ2n) is 13.4. The number of aromatic nitrogens is 3. The Morgan fingerprint density at radius 2 is 1.72 bits per heavy atom. The van der Waals surface area contributed by atoms with Crippen molar-refractivity contribution in [2.75, 3.05) is 36.5 Å². The van der Waals surface area contributed by atoms with Crippen LogP contribution in [0.3, 0.4) is 0 Å². The molecule has 2 fully saturated rings. The van der Waals surface area contributed by atoms with E-state index < -0.39 is 27.2 Å². The molecule has 6 heterocycles. The minimum atomic E-state index is -3.29. The summed E-state index contributed by atoms with van der Waals surface area (Å²) >= 11 is 0. The molecule has 46 heavy (non-hydrogen) atoms. The molecule has 0 aliphatic carbocycles. The van der Waals surface area contributed by atoms with Gasteiger partial charge in [-0.2, -0.15) is 5.26 Å². The maximum Gasteiger partial charge on any atom is 0.273 e. The molecule has 3 aromatic rings. The number of rotatable bonds is 1. The highest BCUT2D eigenvalue weighted by atomic mass is 32.2. The van der Waals surface area contributed by atoms with Crippen LogP contribution in [0.1, 0.15) is 87.4 Å². The number of benzene rings is 1. The molecule has 12 heteroatoms. The Bertz CT molecular complexity index is 1780. The average Bonchev–Trinajstić information content (AvgIpc) is 3.04. The monoisotopic (exact) mass is 652 g/mol. The Balaban J connectivity index is 1.42. The van der Waals surface area contributed by atoms with Crippen molar-refractivity contribution in [2.45, 2.75) is 88.6 Å². The molecule has 1 N–H and O–H groups in total. The van der Waals surface area contributed by atoms with E-state index in [-0.39, 0.29) is 53.4 Å². The Kier molecular flexibility index (Phi) is 9.18. The summed E-state index contributed by atoms with van der Waals surface area (Å²) in [7, 11) is -3.29. The average molecular weight is 653 g/mol. The molecule has 4 aliphatic heterocycles. The number of alkyl halides is 2. The summed E-state index contributed by atoms with van der Waals surface area (Å²) < 4.78 is 57.5. The number of nitrogens with zero attached hydrogens (tertiary/aromatic N) is 5. The zero-order valence-electron chi connectivity index (χ0n) is 26.4. The molecule has 8 bridgehead atoms. The van der Waals surface area contributed by atoms with Crippen molar-refractivity contribution in [1.82, 2.24) is 19.4 Å².